The largest absolute Gasteiger partial charge is 0.353 e. The molecule has 0 amide bonds. The quantitative estimate of drug-likeness (QED) is 0.787. The number of fused-ring (bicyclic) bond motifs is 1. The highest BCUT2D eigenvalue weighted by Crippen LogP contribution is 2.27. The molecule has 0 atom stereocenters. The van der Waals surface area contributed by atoms with Gasteiger partial charge in [-0.3, -0.25) is 0 Å². The number of nitrogens with zero attached hydrogens (tertiary/aromatic N) is 5. The fourth-order valence-corrected chi connectivity index (χ4v) is 3.18. The van der Waals surface area contributed by atoms with E-state index in [1.54, 1.807) is 12.3 Å². The summed E-state index contributed by atoms with van der Waals surface area (Å²) >= 11 is 0. The molecule has 7 heteroatoms. The van der Waals surface area contributed by atoms with E-state index in [2.05, 4.69) is 21.9 Å². The molecule has 3 aromatic rings. The number of likely N-dealkylation sites (N-methyl/N-ethyl adjacent to an activating group) is 1. The molecule has 0 bridgehead atoms. The molecule has 0 radical (unpaired) electrons. The minimum atomic E-state index is -0.301. The van der Waals surface area contributed by atoms with E-state index >= 15 is 0 Å². The van der Waals surface area contributed by atoms with Gasteiger partial charge >= 0.3 is 0 Å². The van der Waals surface area contributed by atoms with Gasteiger partial charge in [-0.15, -0.1) is 0 Å². The van der Waals surface area contributed by atoms with E-state index in [-0.39, 0.29) is 12.4 Å². The molecule has 1 fully saturated rings. The van der Waals surface area contributed by atoms with Crippen LogP contribution in [0.25, 0.3) is 16.8 Å². The van der Waals surface area contributed by atoms with E-state index in [9.17, 15) is 4.39 Å². The van der Waals surface area contributed by atoms with Gasteiger partial charge in [-0.05, 0) is 19.2 Å². The highest BCUT2D eigenvalue weighted by Gasteiger charge is 2.18. The number of aromatic nitrogens is 3. The first kappa shape index (κ1) is 16.0. The van der Waals surface area contributed by atoms with Gasteiger partial charge < -0.3 is 15.5 Å². The molecule has 25 heavy (non-hydrogen) atoms. The zero-order valence-electron chi connectivity index (χ0n) is 14.2. The molecule has 2 aromatic heterocycles. The van der Waals surface area contributed by atoms with Gasteiger partial charge in [0.15, 0.2) is 0 Å². The van der Waals surface area contributed by atoms with Crippen LogP contribution < -0.4 is 10.6 Å². The highest BCUT2D eigenvalue weighted by atomic mass is 19.1. The molecule has 130 valence electrons. The summed E-state index contributed by atoms with van der Waals surface area (Å²) in [5.41, 5.74) is 8.39. The molecule has 3 heterocycles. The van der Waals surface area contributed by atoms with Gasteiger partial charge in [0.1, 0.15) is 11.6 Å². The Labute approximate surface area is 145 Å². The third kappa shape index (κ3) is 2.96. The Hall–Kier alpha value is -2.51. The Morgan fingerprint density at radius 3 is 2.68 bits per heavy atom. The van der Waals surface area contributed by atoms with Crippen molar-refractivity contribution in [2.45, 2.75) is 6.54 Å². The van der Waals surface area contributed by atoms with Crippen molar-refractivity contribution in [1.29, 1.82) is 0 Å². The summed E-state index contributed by atoms with van der Waals surface area (Å²) in [6.45, 7) is 4.00. The average Bonchev–Trinajstić information content (AvgIpc) is 3.10. The SMILES string of the molecule is CN1CCN(c2cn3nccc3c(-c3ccc(CN)c(F)c3)n2)CC1. The lowest BCUT2D eigenvalue weighted by Gasteiger charge is -2.33. The van der Waals surface area contributed by atoms with Gasteiger partial charge in [0.2, 0.25) is 0 Å². The summed E-state index contributed by atoms with van der Waals surface area (Å²) < 4.78 is 16.0. The van der Waals surface area contributed by atoms with Crippen molar-refractivity contribution in [3.05, 3.63) is 48.0 Å². The first-order valence-corrected chi connectivity index (χ1v) is 8.42. The molecule has 4 rings (SSSR count). The molecule has 6 nitrogen and oxygen atoms in total. The van der Waals surface area contributed by atoms with Crippen LogP contribution in [0.15, 0.2) is 36.7 Å². The highest BCUT2D eigenvalue weighted by molar-refractivity contribution is 5.78. The van der Waals surface area contributed by atoms with Gasteiger partial charge in [0, 0.05) is 43.9 Å². The zero-order chi connectivity index (χ0) is 17.4. The van der Waals surface area contributed by atoms with E-state index < -0.39 is 0 Å². The second-order valence-corrected chi connectivity index (χ2v) is 6.41. The number of rotatable bonds is 3. The second kappa shape index (κ2) is 6.42. The Bertz CT molecular complexity index is 898. The lowest BCUT2D eigenvalue weighted by molar-refractivity contribution is 0.312. The molecule has 0 unspecified atom stereocenters. The molecular weight excluding hydrogens is 319 g/mol. The summed E-state index contributed by atoms with van der Waals surface area (Å²) in [7, 11) is 2.12. The van der Waals surface area contributed by atoms with E-state index in [0.717, 1.165) is 48.8 Å². The molecule has 1 aliphatic heterocycles. The third-order valence-corrected chi connectivity index (χ3v) is 4.75. The number of hydrogen-bond donors (Lipinski definition) is 1. The molecule has 1 saturated heterocycles. The van der Waals surface area contributed by atoms with Crippen molar-refractivity contribution in [2.24, 2.45) is 5.73 Å². The van der Waals surface area contributed by atoms with Crippen LogP contribution in [0, 0.1) is 5.82 Å². The van der Waals surface area contributed by atoms with Gasteiger partial charge in [0.25, 0.3) is 0 Å². The minimum Gasteiger partial charge on any atom is -0.353 e. The predicted octanol–water partition coefficient (Wildman–Crippen LogP) is 1.75. The van der Waals surface area contributed by atoms with Crippen molar-refractivity contribution in [1.82, 2.24) is 19.5 Å². The summed E-state index contributed by atoms with van der Waals surface area (Å²) in [5, 5.41) is 4.36. The summed E-state index contributed by atoms with van der Waals surface area (Å²) in [4.78, 5) is 9.38. The lowest BCUT2D eigenvalue weighted by atomic mass is 10.1. The van der Waals surface area contributed by atoms with Crippen LogP contribution >= 0.6 is 0 Å². The molecule has 2 N–H and O–H groups in total. The van der Waals surface area contributed by atoms with Gasteiger partial charge in [0.05, 0.1) is 23.6 Å². The van der Waals surface area contributed by atoms with E-state index in [4.69, 9.17) is 10.7 Å². The summed E-state index contributed by atoms with van der Waals surface area (Å²) in [6, 6.07) is 6.99. The Balaban J connectivity index is 1.80. The first-order valence-electron chi connectivity index (χ1n) is 8.42. The molecule has 1 aliphatic rings. The fraction of sp³-hybridized carbons (Fsp3) is 0.333. The van der Waals surface area contributed by atoms with E-state index in [0.29, 0.717) is 5.56 Å². The maximum Gasteiger partial charge on any atom is 0.148 e. The van der Waals surface area contributed by atoms with Gasteiger partial charge in [-0.2, -0.15) is 5.10 Å². The molecule has 0 aliphatic carbocycles. The molecular formula is C18H21FN6. The molecule has 1 aromatic carbocycles. The predicted molar refractivity (Wildman–Crippen MR) is 96.0 cm³/mol. The van der Waals surface area contributed by atoms with Crippen LogP contribution in [0.5, 0.6) is 0 Å². The lowest BCUT2D eigenvalue weighted by Crippen LogP contribution is -2.44. The standard InChI is InChI=1S/C18H21FN6/c1-23-6-8-24(9-7-23)17-12-25-16(4-5-21-25)18(22-17)13-2-3-14(11-20)15(19)10-13/h2-5,10,12H,6-9,11,20H2,1H3. The second-order valence-electron chi connectivity index (χ2n) is 6.41. The Morgan fingerprint density at radius 2 is 1.96 bits per heavy atom. The van der Waals surface area contributed by atoms with E-state index in [1.807, 2.05) is 22.8 Å². The summed E-state index contributed by atoms with van der Waals surface area (Å²) in [5.74, 6) is 0.562. The smallest absolute Gasteiger partial charge is 0.148 e. The molecule has 0 spiro atoms. The van der Waals surface area contributed by atoms with Gasteiger partial charge in [-0.25, -0.2) is 13.9 Å². The van der Waals surface area contributed by atoms with Crippen molar-refractivity contribution in [3.8, 4) is 11.3 Å². The Morgan fingerprint density at radius 1 is 1.16 bits per heavy atom. The van der Waals surface area contributed by atoms with Crippen molar-refractivity contribution in [2.75, 3.05) is 38.1 Å². The van der Waals surface area contributed by atoms with Crippen LogP contribution in [0.3, 0.4) is 0 Å². The minimum absolute atomic E-state index is 0.184. The number of piperazine rings is 1. The van der Waals surface area contributed by atoms with Crippen molar-refractivity contribution < 1.29 is 4.39 Å². The third-order valence-electron chi connectivity index (χ3n) is 4.75. The van der Waals surface area contributed by atoms with Crippen LogP contribution in [0.4, 0.5) is 10.2 Å². The topological polar surface area (TPSA) is 62.7 Å². The number of benzene rings is 1. The number of nitrogens with two attached hydrogens (primary N) is 1. The average molecular weight is 340 g/mol. The maximum atomic E-state index is 14.2. The summed E-state index contributed by atoms with van der Waals surface area (Å²) in [6.07, 6.45) is 3.67. The normalized spacial score (nSPS) is 15.9. The van der Waals surface area contributed by atoms with E-state index in [1.165, 1.54) is 6.07 Å². The van der Waals surface area contributed by atoms with Gasteiger partial charge in [-0.1, -0.05) is 12.1 Å². The fourth-order valence-electron chi connectivity index (χ4n) is 3.18. The first-order chi connectivity index (χ1) is 12.2. The van der Waals surface area contributed by atoms with Crippen LogP contribution in [-0.2, 0) is 6.54 Å². The maximum absolute atomic E-state index is 14.2. The molecule has 0 saturated carbocycles. The number of hydrogen-bond acceptors (Lipinski definition) is 5. The number of halogens is 1. The number of anilines is 1. The Kier molecular flexibility index (Phi) is 4.10. The monoisotopic (exact) mass is 340 g/mol. The van der Waals surface area contributed by atoms with Crippen LogP contribution in [0.1, 0.15) is 5.56 Å². The zero-order valence-corrected chi connectivity index (χ0v) is 14.2. The van der Waals surface area contributed by atoms with Crippen LogP contribution in [-0.4, -0.2) is 52.7 Å². The van der Waals surface area contributed by atoms with Crippen molar-refractivity contribution >= 4 is 11.3 Å². The van der Waals surface area contributed by atoms with Crippen LogP contribution in [0.2, 0.25) is 0 Å². The van der Waals surface area contributed by atoms with Crippen molar-refractivity contribution in [3.63, 3.8) is 0 Å².